The summed E-state index contributed by atoms with van der Waals surface area (Å²) in [6.07, 6.45) is -1.62. The van der Waals surface area contributed by atoms with Gasteiger partial charge in [0, 0.05) is 41.5 Å². The average Bonchev–Trinajstić information content (AvgIpc) is 3.01. The molecule has 6 nitrogen and oxygen atoms in total. The van der Waals surface area contributed by atoms with Gasteiger partial charge in [-0.3, -0.25) is 0 Å². The van der Waals surface area contributed by atoms with Crippen LogP contribution in [-0.2, 0) is 24.5 Å². The Morgan fingerprint density at radius 2 is 0.956 bits per heavy atom. The fraction of sp³-hybridized carbons (Fsp3) is 0.231. The molecule has 0 N–H and O–H groups in total. The van der Waals surface area contributed by atoms with Crippen molar-refractivity contribution in [1.82, 2.24) is 0 Å². The molecule has 0 aliphatic rings. The second-order valence-electron chi connectivity index (χ2n) is 11.5. The first-order valence-corrected chi connectivity index (χ1v) is 14.8. The van der Waals surface area contributed by atoms with Gasteiger partial charge in [0.25, 0.3) is 0 Å². The summed E-state index contributed by atoms with van der Waals surface area (Å²) in [5, 5.41) is 0. The predicted octanol–water partition coefficient (Wildman–Crippen LogP) is 9.03. The van der Waals surface area contributed by atoms with Crippen molar-refractivity contribution in [3.63, 3.8) is 0 Å². The molecule has 0 radical (unpaired) electrons. The highest BCUT2D eigenvalue weighted by Gasteiger charge is 2.27. The number of hydrogen-bond acceptors (Lipinski definition) is 6. The molecule has 4 rings (SSSR count). The van der Waals surface area contributed by atoms with Crippen LogP contribution in [0.3, 0.4) is 0 Å². The van der Waals surface area contributed by atoms with Gasteiger partial charge in [-0.15, -0.1) is 0 Å². The Morgan fingerprint density at radius 3 is 1.29 bits per heavy atom. The van der Waals surface area contributed by atoms with E-state index in [9.17, 15) is 9.59 Å². The van der Waals surface area contributed by atoms with Crippen LogP contribution in [0, 0.1) is 0 Å². The Balaban J connectivity index is 1.74. The Morgan fingerprint density at radius 1 is 0.600 bits per heavy atom. The van der Waals surface area contributed by atoms with Gasteiger partial charge in [0.2, 0.25) is 12.6 Å². The summed E-state index contributed by atoms with van der Waals surface area (Å²) >= 11 is 0. The maximum absolute atomic E-state index is 12.1. The minimum absolute atomic E-state index is 0.305. The Kier molecular flexibility index (Phi) is 10.3. The Hall–Kier alpha value is -5.10. The lowest BCUT2D eigenvalue weighted by molar-refractivity contribution is -0.157. The minimum atomic E-state index is -0.812. The van der Waals surface area contributed by atoms with E-state index in [2.05, 4.69) is 39.1 Å². The third-order valence-corrected chi connectivity index (χ3v) is 7.40. The quantitative estimate of drug-likeness (QED) is 0.0913. The fourth-order valence-corrected chi connectivity index (χ4v) is 4.80. The first-order chi connectivity index (χ1) is 21.4. The maximum atomic E-state index is 12.1. The fourth-order valence-electron chi connectivity index (χ4n) is 4.80. The van der Waals surface area contributed by atoms with Crippen LogP contribution >= 0.6 is 0 Å². The Bertz CT molecular complexity index is 1560. The molecular weight excluding hydrogens is 564 g/mol. The van der Waals surface area contributed by atoms with E-state index in [0.29, 0.717) is 22.6 Å². The van der Waals surface area contributed by atoms with E-state index in [1.165, 1.54) is 0 Å². The molecule has 0 saturated carbocycles. The van der Waals surface area contributed by atoms with Crippen LogP contribution in [-0.4, -0.2) is 24.5 Å². The molecular formula is C39H40O6. The molecule has 2 atom stereocenters. The molecule has 0 fully saturated rings. The zero-order chi connectivity index (χ0) is 32.7. The Labute approximate surface area is 265 Å². The summed E-state index contributed by atoms with van der Waals surface area (Å²) in [6, 6.07) is 32.0. The summed E-state index contributed by atoms with van der Waals surface area (Å²) in [6.45, 7) is 18.2. The maximum Gasteiger partial charge on any atom is 0.336 e. The van der Waals surface area contributed by atoms with Crippen molar-refractivity contribution < 1.29 is 28.5 Å². The van der Waals surface area contributed by atoms with Gasteiger partial charge in [-0.1, -0.05) is 99.8 Å². The van der Waals surface area contributed by atoms with Crippen molar-refractivity contribution in [1.29, 1.82) is 0 Å². The molecule has 4 aromatic carbocycles. The van der Waals surface area contributed by atoms with Crippen molar-refractivity contribution in [3.8, 4) is 33.8 Å². The smallest absolute Gasteiger partial charge is 0.336 e. The zero-order valence-corrected chi connectivity index (χ0v) is 26.8. The molecule has 2 unspecified atom stereocenters. The van der Waals surface area contributed by atoms with Crippen LogP contribution in [0.15, 0.2) is 121 Å². The zero-order valence-electron chi connectivity index (χ0n) is 26.8. The topological polar surface area (TPSA) is 71.1 Å². The van der Waals surface area contributed by atoms with Crippen molar-refractivity contribution >= 4 is 11.9 Å². The number of carbonyl (C=O) groups is 2. The molecule has 232 valence electrons. The third-order valence-electron chi connectivity index (χ3n) is 7.40. The molecule has 45 heavy (non-hydrogen) atoms. The van der Waals surface area contributed by atoms with Gasteiger partial charge in [-0.25, -0.2) is 9.59 Å². The van der Waals surface area contributed by atoms with E-state index in [0.717, 1.165) is 33.4 Å². The average molecular weight is 605 g/mol. The first kappa shape index (κ1) is 32.8. The summed E-state index contributed by atoms with van der Waals surface area (Å²) in [5.74, 6) is 0.169. The second kappa shape index (κ2) is 14.1. The van der Waals surface area contributed by atoms with E-state index in [-0.39, 0.29) is 0 Å². The van der Waals surface area contributed by atoms with Gasteiger partial charge in [0.15, 0.2) is 0 Å². The molecule has 0 aliphatic heterocycles. The minimum Gasteiger partial charge on any atom is -0.454 e. The van der Waals surface area contributed by atoms with E-state index < -0.39 is 29.9 Å². The van der Waals surface area contributed by atoms with Crippen molar-refractivity contribution in [3.05, 3.63) is 132 Å². The SMILES string of the molecule is C=C(C)C(=O)OC(C)Oc1ccc(C(C)(C)c2ccc(OC(C)OC(=O)C(=C)C)c(-c3ccccc3)c2)cc1-c1ccccc1. The highest BCUT2D eigenvalue weighted by Crippen LogP contribution is 2.41. The summed E-state index contributed by atoms with van der Waals surface area (Å²) in [4.78, 5) is 24.2. The van der Waals surface area contributed by atoms with Gasteiger partial charge in [0.05, 0.1) is 0 Å². The van der Waals surface area contributed by atoms with Crippen LogP contribution in [0.5, 0.6) is 11.5 Å². The molecule has 0 aliphatic carbocycles. The second-order valence-corrected chi connectivity index (χ2v) is 11.5. The van der Waals surface area contributed by atoms with Gasteiger partial charge in [-0.2, -0.15) is 0 Å². The molecule has 0 heterocycles. The lowest BCUT2D eigenvalue weighted by atomic mass is 9.76. The number of hydrogen-bond donors (Lipinski definition) is 0. The van der Waals surface area contributed by atoms with Crippen LogP contribution in [0.4, 0.5) is 0 Å². The van der Waals surface area contributed by atoms with Gasteiger partial charge in [0.1, 0.15) is 11.5 Å². The molecule has 0 aromatic heterocycles. The number of esters is 2. The van der Waals surface area contributed by atoms with Crippen molar-refractivity contribution in [2.75, 3.05) is 0 Å². The van der Waals surface area contributed by atoms with E-state index >= 15 is 0 Å². The monoisotopic (exact) mass is 604 g/mol. The predicted molar refractivity (Wildman–Crippen MR) is 178 cm³/mol. The van der Waals surface area contributed by atoms with Gasteiger partial charge in [-0.05, 0) is 60.4 Å². The molecule has 4 aromatic rings. The van der Waals surface area contributed by atoms with Crippen LogP contribution in [0.2, 0.25) is 0 Å². The lowest BCUT2D eigenvalue weighted by Crippen LogP contribution is -2.23. The third kappa shape index (κ3) is 8.09. The molecule has 0 bridgehead atoms. The largest absolute Gasteiger partial charge is 0.454 e. The number of benzene rings is 4. The number of rotatable bonds is 12. The first-order valence-electron chi connectivity index (χ1n) is 14.8. The highest BCUT2D eigenvalue weighted by molar-refractivity contribution is 5.87. The molecule has 0 saturated heterocycles. The van der Waals surface area contributed by atoms with Gasteiger partial charge >= 0.3 is 11.9 Å². The molecule has 0 spiro atoms. The van der Waals surface area contributed by atoms with E-state index in [1.807, 2.05) is 84.9 Å². The summed E-state index contributed by atoms with van der Waals surface area (Å²) in [7, 11) is 0. The van der Waals surface area contributed by atoms with Crippen LogP contribution < -0.4 is 9.47 Å². The van der Waals surface area contributed by atoms with Gasteiger partial charge < -0.3 is 18.9 Å². The van der Waals surface area contributed by atoms with Crippen molar-refractivity contribution in [2.45, 2.75) is 59.5 Å². The normalized spacial score (nSPS) is 12.4. The summed E-state index contributed by atoms with van der Waals surface area (Å²) in [5.41, 5.74) is 5.95. The summed E-state index contributed by atoms with van der Waals surface area (Å²) < 4.78 is 23.0. The molecule has 6 heteroatoms. The number of ether oxygens (including phenoxy) is 4. The van der Waals surface area contributed by atoms with E-state index in [1.54, 1.807) is 27.7 Å². The highest BCUT2D eigenvalue weighted by atomic mass is 16.7. The lowest BCUT2D eigenvalue weighted by Gasteiger charge is -2.29. The van der Waals surface area contributed by atoms with Crippen molar-refractivity contribution in [2.24, 2.45) is 0 Å². The standard InChI is InChI=1S/C39H40O6/c1-25(2)37(40)44-27(5)42-35-21-19-31(23-33(35)29-15-11-9-12-16-29)39(7,8)32-20-22-36(43-28(6)45-38(41)26(3)4)34(24-32)30-17-13-10-14-18-30/h9-24,27-28H,1,3H2,2,4-8H3. The van der Waals surface area contributed by atoms with Crippen LogP contribution in [0.25, 0.3) is 22.3 Å². The van der Waals surface area contributed by atoms with E-state index in [4.69, 9.17) is 18.9 Å². The number of carbonyl (C=O) groups excluding carboxylic acids is 2. The van der Waals surface area contributed by atoms with Crippen LogP contribution in [0.1, 0.15) is 52.7 Å². The molecule has 0 amide bonds.